The highest BCUT2D eigenvalue weighted by atomic mass is 16.5. The van der Waals surface area contributed by atoms with E-state index in [1.54, 1.807) is 18.2 Å². The number of benzene rings is 1. The minimum Gasteiger partial charge on any atom is -0.492 e. The number of pyridine rings is 2. The SMILES string of the molecule is COc1c(O[C@H]2CC[C@H](N(C)C)CC2)c(C)c2c(c1-c1cccnc1)CCN(Cc1c(C)cc(C)[nH]c1=O)C2=O. The van der Waals surface area contributed by atoms with Crippen molar-refractivity contribution in [2.45, 2.75) is 71.6 Å². The molecule has 0 radical (unpaired) electrons. The summed E-state index contributed by atoms with van der Waals surface area (Å²) in [4.78, 5) is 38.3. The molecule has 1 saturated carbocycles. The normalized spacial score (nSPS) is 19.1. The van der Waals surface area contributed by atoms with Gasteiger partial charge in [-0.1, -0.05) is 6.07 Å². The van der Waals surface area contributed by atoms with Crippen LogP contribution in [0.1, 0.15) is 64.0 Å². The first kappa shape index (κ1) is 27.9. The number of H-pyrrole nitrogens is 1. The predicted molar refractivity (Wildman–Crippen MR) is 156 cm³/mol. The van der Waals surface area contributed by atoms with Crippen molar-refractivity contribution in [3.05, 3.63) is 74.5 Å². The molecule has 1 aliphatic carbocycles. The summed E-state index contributed by atoms with van der Waals surface area (Å²) in [5.74, 6) is 1.20. The molecule has 0 atom stereocenters. The van der Waals surface area contributed by atoms with E-state index in [-0.39, 0.29) is 24.1 Å². The van der Waals surface area contributed by atoms with Crippen LogP contribution in [0.15, 0.2) is 35.4 Å². The summed E-state index contributed by atoms with van der Waals surface area (Å²) in [6.07, 6.45) is 8.26. The number of hydrogen-bond acceptors (Lipinski definition) is 6. The molecular formula is C32H40N4O4. The van der Waals surface area contributed by atoms with Crippen LogP contribution < -0.4 is 15.0 Å². The number of hydrogen-bond donors (Lipinski definition) is 1. The molecule has 3 heterocycles. The van der Waals surface area contributed by atoms with Gasteiger partial charge in [-0.05, 0) is 90.2 Å². The molecule has 5 rings (SSSR count). The van der Waals surface area contributed by atoms with Crippen LogP contribution in [0, 0.1) is 20.8 Å². The van der Waals surface area contributed by atoms with E-state index in [0.717, 1.165) is 59.2 Å². The summed E-state index contributed by atoms with van der Waals surface area (Å²) in [5, 5.41) is 0. The zero-order valence-corrected chi connectivity index (χ0v) is 24.5. The van der Waals surface area contributed by atoms with Crippen LogP contribution in [0.3, 0.4) is 0 Å². The first-order chi connectivity index (χ1) is 19.2. The number of amides is 1. The van der Waals surface area contributed by atoms with Gasteiger partial charge in [0.25, 0.3) is 11.5 Å². The Morgan fingerprint density at radius 3 is 2.45 bits per heavy atom. The van der Waals surface area contributed by atoms with Crippen LogP contribution >= 0.6 is 0 Å². The first-order valence-electron chi connectivity index (χ1n) is 14.1. The minimum absolute atomic E-state index is 0.0483. The second kappa shape index (κ2) is 11.5. The molecule has 3 aromatic rings. The van der Waals surface area contributed by atoms with Gasteiger partial charge in [-0.3, -0.25) is 14.6 Å². The number of nitrogens with zero attached hydrogens (tertiary/aromatic N) is 3. The van der Waals surface area contributed by atoms with Crippen molar-refractivity contribution >= 4 is 5.91 Å². The minimum atomic E-state index is -0.143. The molecular weight excluding hydrogens is 504 g/mol. The molecule has 2 aromatic heterocycles. The van der Waals surface area contributed by atoms with Crippen LogP contribution in [-0.2, 0) is 13.0 Å². The number of ether oxygens (including phenoxy) is 2. The van der Waals surface area contributed by atoms with Crippen molar-refractivity contribution in [2.24, 2.45) is 0 Å². The maximum absolute atomic E-state index is 14.2. The van der Waals surface area contributed by atoms with Gasteiger partial charge in [-0.15, -0.1) is 0 Å². The van der Waals surface area contributed by atoms with E-state index < -0.39 is 0 Å². The highest BCUT2D eigenvalue weighted by molar-refractivity contribution is 6.02. The number of fused-ring (bicyclic) bond motifs is 1. The molecule has 0 spiro atoms. The Morgan fingerprint density at radius 1 is 1.07 bits per heavy atom. The Hall–Kier alpha value is -3.65. The molecule has 1 amide bonds. The standard InChI is InChI=1S/C32H40N4O4/c1-19-16-20(2)34-31(37)26(19)18-36-15-13-25-27(32(36)38)21(3)29(40-24-11-9-23(10-12-24)35(4)5)30(39-6)28(25)22-8-7-14-33-17-22/h7-8,14,16-17,23-24H,9-13,15,18H2,1-6H3,(H,34,37)/t23-,24-. The van der Waals surface area contributed by atoms with Crippen LogP contribution in [0.4, 0.5) is 0 Å². The molecule has 1 fully saturated rings. The van der Waals surface area contributed by atoms with E-state index in [0.29, 0.717) is 41.6 Å². The molecule has 0 saturated heterocycles. The van der Waals surface area contributed by atoms with Crippen LogP contribution in [0.2, 0.25) is 0 Å². The monoisotopic (exact) mass is 544 g/mol. The van der Waals surface area contributed by atoms with Gasteiger partial charge < -0.3 is 24.3 Å². The Kier molecular flexibility index (Phi) is 7.99. The van der Waals surface area contributed by atoms with Gasteiger partial charge in [0.15, 0.2) is 11.5 Å². The number of carbonyl (C=O) groups excluding carboxylic acids is 1. The lowest BCUT2D eigenvalue weighted by Gasteiger charge is -2.35. The average molecular weight is 545 g/mol. The summed E-state index contributed by atoms with van der Waals surface area (Å²) in [6, 6.07) is 6.40. The highest BCUT2D eigenvalue weighted by Gasteiger charge is 2.35. The number of aromatic nitrogens is 2. The lowest BCUT2D eigenvalue weighted by molar-refractivity contribution is 0.0722. The molecule has 0 unspecified atom stereocenters. The van der Waals surface area contributed by atoms with Gasteiger partial charge >= 0.3 is 0 Å². The molecule has 8 nitrogen and oxygen atoms in total. The molecule has 8 heteroatoms. The zero-order chi connectivity index (χ0) is 28.6. The number of aromatic amines is 1. The Bertz CT molecular complexity index is 1460. The molecule has 1 N–H and O–H groups in total. The fourth-order valence-corrected chi connectivity index (χ4v) is 6.35. The van der Waals surface area contributed by atoms with Crippen LogP contribution in [-0.4, -0.2) is 65.6 Å². The number of rotatable bonds is 7. The Morgan fingerprint density at radius 2 is 1.82 bits per heavy atom. The van der Waals surface area contributed by atoms with Gasteiger partial charge in [-0.2, -0.15) is 0 Å². The van der Waals surface area contributed by atoms with E-state index in [9.17, 15) is 9.59 Å². The van der Waals surface area contributed by atoms with Gasteiger partial charge in [0.1, 0.15) is 0 Å². The van der Waals surface area contributed by atoms with E-state index in [4.69, 9.17) is 9.47 Å². The van der Waals surface area contributed by atoms with Crippen molar-refractivity contribution in [3.63, 3.8) is 0 Å². The third-order valence-corrected chi connectivity index (χ3v) is 8.54. The predicted octanol–water partition coefficient (Wildman–Crippen LogP) is 4.82. The maximum Gasteiger partial charge on any atom is 0.254 e. The topological polar surface area (TPSA) is 87.8 Å². The van der Waals surface area contributed by atoms with Gasteiger partial charge in [-0.25, -0.2) is 0 Å². The largest absolute Gasteiger partial charge is 0.492 e. The number of carbonyl (C=O) groups is 1. The van der Waals surface area contributed by atoms with Crippen molar-refractivity contribution in [3.8, 4) is 22.6 Å². The lowest BCUT2D eigenvalue weighted by Crippen LogP contribution is -2.40. The van der Waals surface area contributed by atoms with E-state index in [1.165, 1.54) is 0 Å². The van der Waals surface area contributed by atoms with Gasteiger partial charge in [0, 0.05) is 52.9 Å². The summed E-state index contributed by atoms with van der Waals surface area (Å²) >= 11 is 0. The molecule has 40 heavy (non-hydrogen) atoms. The maximum atomic E-state index is 14.2. The Labute approximate surface area is 236 Å². The van der Waals surface area contributed by atoms with Crippen LogP contribution in [0.5, 0.6) is 11.5 Å². The van der Waals surface area contributed by atoms with Gasteiger partial charge in [0.2, 0.25) is 0 Å². The van der Waals surface area contributed by atoms with E-state index in [2.05, 4.69) is 29.0 Å². The lowest BCUT2D eigenvalue weighted by atomic mass is 9.86. The smallest absolute Gasteiger partial charge is 0.254 e. The first-order valence-corrected chi connectivity index (χ1v) is 14.1. The van der Waals surface area contributed by atoms with Crippen LogP contribution in [0.25, 0.3) is 11.1 Å². The van der Waals surface area contributed by atoms with Crippen molar-refractivity contribution in [1.29, 1.82) is 0 Å². The third kappa shape index (κ3) is 5.24. The average Bonchev–Trinajstić information content (AvgIpc) is 2.93. The summed E-state index contributed by atoms with van der Waals surface area (Å²) in [7, 11) is 5.93. The van der Waals surface area contributed by atoms with Gasteiger partial charge in [0.05, 0.1) is 25.3 Å². The molecule has 212 valence electrons. The van der Waals surface area contributed by atoms with E-state index >= 15 is 0 Å². The van der Waals surface area contributed by atoms with Crippen molar-refractivity contribution in [1.82, 2.24) is 19.8 Å². The Balaban J connectivity index is 1.58. The third-order valence-electron chi connectivity index (χ3n) is 8.54. The quantitative estimate of drug-likeness (QED) is 0.459. The molecule has 2 aliphatic rings. The molecule has 0 bridgehead atoms. The number of aryl methyl sites for hydroxylation is 2. The van der Waals surface area contributed by atoms with Crippen molar-refractivity contribution < 1.29 is 14.3 Å². The second-order valence-electron chi connectivity index (χ2n) is 11.4. The summed E-state index contributed by atoms with van der Waals surface area (Å²) in [5.41, 5.74) is 6.32. The summed E-state index contributed by atoms with van der Waals surface area (Å²) in [6.45, 7) is 6.51. The van der Waals surface area contributed by atoms with E-state index in [1.807, 2.05) is 45.2 Å². The fourth-order valence-electron chi connectivity index (χ4n) is 6.35. The fraction of sp³-hybridized carbons (Fsp3) is 0.469. The highest BCUT2D eigenvalue weighted by Crippen LogP contribution is 2.48. The number of nitrogens with one attached hydrogen (secondary N) is 1. The zero-order valence-electron chi connectivity index (χ0n) is 24.5. The molecule has 1 aliphatic heterocycles. The second-order valence-corrected chi connectivity index (χ2v) is 11.4. The molecule has 1 aromatic carbocycles. The number of methoxy groups -OCH3 is 1. The summed E-state index contributed by atoms with van der Waals surface area (Å²) < 4.78 is 12.8. The van der Waals surface area contributed by atoms with Crippen molar-refractivity contribution in [2.75, 3.05) is 27.7 Å².